The maximum absolute atomic E-state index is 12.0. The summed E-state index contributed by atoms with van der Waals surface area (Å²) in [6, 6.07) is 10.3. The van der Waals surface area contributed by atoms with E-state index in [0.29, 0.717) is 10.6 Å². The van der Waals surface area contributed by atoms with Gasteiger partial charge in [-0.15, -0.1) is 11.3 Å². The number of amides is 4. The first-order valence-electron chi connectivity index (χ1n) is 6.65. The highest BCUT2D eigenvalue weighted by molar-refractivity contribution is 7.12. The number of nitrogens with zero attached hydrogens (tertiary/aromatic N) is 1. The fourth-order valence-corrected chi connectivity index (χ4v) is 2.76. The van der Waals surface area contributed by atoms with Crippen molar-refractivity contribution in [1.82, 2.24) is 10.2 Å². The van der Waals surface area contributed by atoms with E-state index < -0.39 is 6.03 Å². The van der Waals surface area contributed by atoms with E-state index in [1.807, 2.05) is 11.4 Å². The third kappa shape index (κ3) is 2.99. The van der Waals surface area contributed by atoms with E-state index in [4.69, 9.17) is 0 Å². The van der Waals surface area contributed by atoms with Crippen LogP contribution in [0, 0.1) is 0 Å². The maximum atomic E-state index is 12.0. The minimum Gasteiger partial charge on any atom is -0.329 e. The van der Waals surface area contributed by atoms with Crippen molar-refractivity contribution in [2.75, 3.05) is 11.9 Å². The van der Waals surface area contributed by atoms with Gasteiger partial charge in [-0.2, -0.15) is 0 Å². The molecule has 22 heavy (non-hydrogen) atoms. The van der Waals surface area contributed by atoms with Gasteiger partial charge in [0.25, 0.3) is 5.91 Å². The van der Waals surface area contributed by atoms with Crippen LogP contribution < -0.4 is 10.6 Å². The van der Waals surface area contributed by atoms with Crippen molar-refractivity contribution < 1.29 is 14.4 Å². The van der Waals surface area contributed by atoms with Crippen LogP contribution in [0.5, 0.6) is 0 Å². The molecule has 0 unspecified atom stereocenters. The summed E-state index contributed by atoms with van der Waals surface area (Å²) in [6.45, 7) is 0.223. The standard InChI is InChI=1S/C15H13N3O3S/c19-13-8-16-15(21)18(13)9-10-3-1-4-11(7-10)17-14(20)12-5-2-6-22-12/h1-7H,8-9H2,(H,16,21)(H,17,20). The summed E-state index contributed by atoms with van der Waals surface area (Å²) < 4.78 is 0. The highest BCUT2D eigenvalue weighted by atomic mass is 32.1. The second-order valence-corrected chi connectivity index (χ2v) is 5.72. The lowest BCUT2D eigenvalue weighted by Crippen LogP contribution is -2.30. The van der Waals surface area contributed by atoms with Gasteiger partial charge in [0.1, 0.15) is 0 Å². The summed E-state index contributed by atoms with van der Waals surface area (Å²) in [5.41, 5.74) is 1.40. The zero-order valence-electron chi connectivity index (χ0n) is 11.5. The van der Waals surface area contributed by atoms with Gasteiger partial charge in [0, 0.05) is 5.69 Å². The van der Waals surface area contributed by atoms with E-state index in [1.54, 1.807) is 30.3 Å². The molecule has 7 heteroatoms. The molecule has 0 saturated carbocycles. The van der Waals surface area contributed by atoms with Crippen LogP contribution in [0.25, 0.3) is 0 Å². The SMILES string of the molecule is O=C(Nc1cccc(CN2C(=O)CNC2=O)c1)c1cccs1. The lowest BCUT2D eigenvalue weighted by atomic mass is 10.2. The van der Waals surface area contributed by atoms with Gasteiger partial charge in [-0.25, -0.2) is 4.79 Å². The Kier molecular flexibility index (Phi) is 3.88. The van der Waals surface area contributed by atoms with E-state index in [-0.39, 0.29) is 24.9 Å². The second kappa shape index (κ2) is 5.98. The molecule has 0 bridgehead atoms. The van der Waals surface area contributed by atoms with E-state index in [9.17, 15) is 14.4 Å². The Morgan fingerprint density at radius 3 is 2.82 bits per heavy atom. The maximum Gasteiger partial charge on any atom is 0.324 e. The first kappa shape index (κ1) is 14.3. The molecule has 2 aromatic rings. The molecule has 2 heterocycles. The molecule has 1 aromatic carbocycles. The van der Waals surface area contributed by atoms with E-state index in [2.05, 4.69) is 10.6 Å². The van der Waals surface area contributed by atoms with Crippen molar-refractivity contribution in [3.63, 3.8) is 0 Å². The van der Waals surface area contributed by atoms with Gasteiger partial charge in [0.2, 0.25) is 5.91 Å². The predicted molar refractivity (Wildman–Crippen MR) is 82.7 cm³/mol. The average Bonchev–Trinajstić information content (AvgIpc) is 3.13. The van der Waals surface area contributed by atoms with Gasteiger partial charge in [-0.1, -0.05) is 18.2 Å². The number of hydrogen-bond donors (Lipinski definition) is 2. The van der Waals surface area contributed by atoms with E-state index >= 15 is 0 Å². The quantitative estimate of drug-likeness (QED) is 0.848. The molecule has 0 aliphatic carbocycles. The molecule has 0 spiro atoms. The third-order valence-corrected chi connectivity index (χ3v) is 4.08. The molecule has 2 N–H and O–H groups in total. The number of carbonyl (C=O) groups excluding carboxylic acids is 3. The Bertz CT molecular complexity index is 711. The zero-order valence-corrected chi connectivity index (χ0v) is 12.4. The van der Waals surface area contributed by atoms with Crippen LogP contribution >= 0.6 is 11.3 Å². The molecule has 0 atom stereocenters. The number of carbonyl (C=O) groups is 3. The van der Waals surface area contributed by atoms with Crippen LogP contribution in [0.3, 0.4) is 0 Å². The number of hydrogen-bond acceptors (Lipinski definition) is 4. The third-order valence-electron chi connectivity index (χ3n) is 3.21. The first-order chi connectivity index (χ1) is 10.6. The highest BCUT2D eigenvalue weighted by Crippen LogP contribution is 2.16. The minimum atomic E-state index is -0.391. The number of imide groups is 1. The van der Waals surface area contributed by atoms with Crippen molar-refractivity contribution in [3.8, 4) is 0 Å². The molecule has 1 aromatic heterocycles. The van der Waals surface area contributed by atoms with E-state index in [1.165, 1.54) is 11.3 Å². The lowest BCUT2D eigenvalue weighted by molar-refractivity contribution is -0.125. The Labute approximate surface area is 130 Å². The average molecular weight is 315 g/mol. The molecule has 112 valence electrons. The van der Waals surface area contributed by atoms with Gasteiger partial charge in [-0.3, -0.25) is 14.5 Å². The molecule has 0 radical (unpaired) electrons. The molecule has 1 saturated heterocycles. The number of anilines is 1. The van der Waals surface area contributed by atoms with Gasteiger partial charge in [-0.05, 0) is 29.1 Å². The van der Waals surface area contributed by atoms with E-state index in [0.717, 1.165) is 10.5 Å². The molecular weight excluding hydrogens is 302 g/mol. The van der Waals surface area contributed by atoms with Crippen LogP contribution in [-0.2, 0) is 11.3 Å². The normalized spacial score (nSPS) is 14.1. The van der Waals surface area contributed by atoms with Crippen LogP contribution in [0.4, 0.5) is 10.5 Å². The first-order valence-corrected chi connectivity index (χ1v) is 7.53. The number of nitrogens with one attached hydrogen (secondary N) is 2. The number of thiophene rings is 1. The van der Waals surface area contributed by atoms with Crippen molar-refractivity contribution >= 4 is 34.9 Å². The topological polar surface area (TPSA) is 78.5 Å². The predicted octanol–water partition coefficient (Wildman–Crippen LogP) is 2.05. The smallest absolute Gasteiger partial charge is 0.324 e. The van der Waals surface area contributed by atoms with Gasteiger partial charge < -0.3 is 10.6 Å². The summed E-state index contributed by atoms with van der Waals surface area (Å²) in [7, 11) is 0. The summed E-state index contributed by atoms with van der Waals surface area (Å²) in [5.74, 6) is -0.430. The Morgan fingerprint density at radius 1 is 1.27 bits per heavy atom. The zero-order chi connectivity index (χ0) is 15.5. The molecule has 1 fully saturated rings. The number of benzene rings is 1. The number of rotatable bonds is 4. The molecule has 3 rings (SSSR count). The molecule has 4 amide bonds. The van der Waals surface area contributed by atoms with Crippen molar-refractivity contribution in [1.29, 1.82) is 0 Å². The summed E-state index contributed by atoms with van der Waals surface area (Å²) in [6.07, 6.45) is 0. The molecule has 1 aliphatic heterocycles. The summed E-state index contributed by atoms with van der Waals surface area (Å²) >= 11 is 1.36. The van der Waals surface area contributed by atoms with Gasteiger partial charge in [0.15, 0.2) is 0 Å². The minimum absolute atomic E-state index is 0.0354. The van der Waals surface area contributed by atoms with Crippen LogP contribution in [0.1, 0.15) is 15.2 Å². The molecule has 6 nitrogen and oxygen atoms in total. The molecular formula is C15H13N3O3S. The Hall–Kier alpha value is -2.67. The fraction of sp³-hybridized carbons (Fsp3) is 0.133. The Morgan fingerprint density at radius 2 is 2.14 bits per heavy atom. The monoisotopic (exact) mass is 315 g/mol. The summed E-state index contributed by atoms with van der Waals surface area (Å²) in [5, 5.41) is 7.11. The highest BCUT2D eigenvalue weighted by Gasteiger charge is 2.28. The van der Waals surface area contributed by atoms with Crippen molar-refractivity contribution in [2.24, 2.45) is 0 Å². The fourth-order valence-electron chi connectivity index (χ4n) is 2.15. The second-order valence-electron chi connectivity index (χ2n) is 4.77. The van der Waals surface area contributed by atoms with Gasteiger partial charge >= 0.3 is 6.03 Å². The van der Waals surface area contributed by atoms with Crippen molar-refractivity contribution in [3.05, 3.63) is 52.2 Å². The number of urea groups is 1. The Balaban J connectivity index is 1.71. The van der Waals surface area contributed by atoms with Gasteiger partial charge in [0.05, 0.1) is 18.0 Å². The lowest BCUT2D eigenvalue weighted by Gasteiger charge is -2.13. The molecule has 1 aliphatic rings. The van der Waals surface area contributed by atoms with Crippen LogP contribution in [0.2, 0.25) is 0 Å². The summed E-state index contributed by atoms with van der Waals surface area (Å²) in [4.78, 5) is 36.9. The largest absolute Gasteiger partial charge is 0.329 e. The van der Waals surface area contributed by atoms with Crippen LogP contribution in [0.15, 0.2) is 41.8 Å². The van der Waals surface area contributed by atoms with Crippen molar-refractivity contribution in [2.45, 2.75) is 6.54 Å². The van der Waals surface area contributed by atoms with Crippen LogP contribution in [-0.4, -0.2) is 29.3 Å².